The largest absolute Gasteiger partial charge is 0.480 e. The number of carbonyl (C=O) groups excluding carboxylic acids is 1. The third kappa shape index (κ3) is 4.31. The highest BCUT2D eigenvalue weighted by molar-refractivity contribution is 5.87. The van der Waals surface area contributed by atoms with Gasteiger partial charge < -0.3 is 15.2 Å². The van der Waals surface area contributed by atoms with Crippen LogP contribution in [0.4, 0.5) is 4.39 Å². The molecule has 1 aromatic carbocycles. The van der Waals surface area contributed by atoms with Gasteiger partial charge in [0.15, 0.2) is 0 Å². The van der Waals surface area contributed by atoms with Crippen molar-refractivity contribution < 1.29 is 23.8 Å². The molecule has 0 aromatic heterocycles. The number of benzene rings is 1. The third-order valence-corrected chi connectivity index (χ3v) is 2.87. The van der Waals surface area contributed by atoms with Gasteiger partial charge in [-0.3, -0.25) is 4.79 Å². The molecule has 0 aliphatic rings. The molecule has 0 bridgehead atoms. The van der Waals surface area contributed by atoms with Crippen LogP contribution < -0.4 is 5.32 Å². The lowest BCUT2D eigenvalue weighted by molar-refractivity contribution is -0.142. The van der Waals surface area contributed by atoms with Gasteiger partial charge in [0.1, 0.15) is 12.4 Å². The van der Waals surface area contributed by atoms with Crippen molar-refractivity contribution >= 4 is 11.9 Å². The Morgan fingerprint density at radius 1 is 1.35 bits per heavy atom. The summed E-state index contributed by atoms with van der Waals surface area (Å²) in [4.78, 5) is 22.3. The molecular weight excluding hydrogens is 265 g/mol. The number of carbonyl (C=O) groups is 2. The predicted molar refractivity (Wildman–Crippen MR) is 70.9 cm³/mol. The van der Waals surface area contributed by atoms with Gasteiger partial charge in [-0.05, 0) is 19.9 Å². The number of nitrogens with one attached hydrogen (secondary N) is 1. The molecular formula is C14H18FNO4. The van der Waals surface area contributed by atoms with Gasteiger partial charge in [0.25, 0.3) is 0 Å². The van der Waals surface area contributed by atoms with Crippen LogP contribution in [-0.2, 0) is 19.7 Å². The quantitative estimate of drug-likeness (QED) is 0.740. The molecule has 0 unspecified atom stereocenters. The monoisotopic (exact) mass is 283 g/mol. The molecule has 6 heteroatoms. The first-order chi connectivity index (χ1) is 9.35. The average Bonchev–Trinajstić information content (AvgIpc) is 2.38. The molecule has 0 saturated carbocycles. The van der Waals surface area contributed by atoms with E-state index in [-0.39, 0.29) is 19.1 Å². The van der Waals surface area contributed by atoms with Crippen LogP contribution in [0.25, 0.3) is 0 Å². The van der Waals surface area contributed by atoms with Gasteiger partial charge in [0.2, 0.25) is 5.91 Å². The molecule has 20 heavy (non-hydrogen) atoms. The van der Waals surface area contributed by atoms with E-state index in [1.54, 1.807) is 32.0 Å². The summed E-state index contributed by atoms with van der Waals surface area (Å²) >= 11 is 0. The zero-order valence-electron chi connectivity index (χ0n) is 11.5. The van der Waals surface area contributed by atoms with E-state index in [2.05, 4.69) is 5.32 Å². The Morgan fingerprint density at radius 2 is 2.00 bits per heavy atom. The zero-order chi connectivity index (χ0) is 15.2. The first-order valence-electron chi connectivity index (χ1n) is 6.18. The Labute approximate surface area is 116 Å². The van der Waals surface area contributed by atoms with Crippen molar-refractivity contribution in [3.05, 3.63) is 35.6 Å². The SMILES string of the molecule is CC(C)(C(=O)NCCOCC(=O)O)c1ccccc1F. The van der Waals surface area contributed by atoms with Crippen LogP contribution in [0.15, 0.2) is 24.3 Å². The fourth-order valence-corrected chi connectivity index (χ4v) is 1.71. The predicted octanol–water partition coefficient (Wildman–Crippen LogP) is 1.32. The number of halogens is 1. The molecule has 0 atom stereocenters. The van der Waals surface area contributed by atoms with E-state index in [4.69, 9.17) is 9.84 Å². The number of aliphatic carboxylic acids is 1. The summed E-state index contributed by atoms with van der Waals surface area (Å²) < 4.78 is 18.5. The summed E-state index contributed by atoms with van der Waals surface area (Å²) in [6.07, 6.45) is 0. The average molecular weight is 283 g/mol. The third-order valence-electron chi connectivity index (χ3n) is 2.87. The van der Waals surface area contributed by atoms with Crippen molar-refractivity contribution in [3.63, 3.8) is 0 Å². The molecule has 1 rings (SSSR count). The molecule has 0 aliphatic heterocycles. The van der Waals surface area contributed by atoms with E-state index in [1.165, 1.54) is 6.07 Å². The molecule has 0 fully saturated rings. The Kier molecular flexibility index (Phi) is 5.64. The summed E-state index contributed by atoms with van der Waals surface area (Å²) in [5.74, 6) is -1.85. The molecule has 110 valence electrons. The second kappa shape index (κ2) is 7.00. The number of carboxylic acids is 1. The van der Waals surface area contributed by atoms with Crippen LogP contribution in [0, 0.1) is 5.82 Å². The number of carboxylic acid groups (broad SMARTS) is 1. The second-order valence-corrected chi connectivity index (χ2v) is 4.81. The Hall–Kier alpha value is -1.95. The maximum absolute atomic E-state index is 13.7. The van der Waals surface area contributed by atoms with Crippen molar-refractivity contribution in [3.8, 4) is 0 Å². The van der Waals surface area contributed by atoms with Crippen molar-refractivity contribution in [2.75, 3.05) is 19.8 Å². The van der Waals surface area contributed by atoms with Crippen molar-refractivity contribution in [1.29, 1.82) is 0 Å². The van der Waals surface area contributed by atoms with Gasteiger partial charge in [-0.2, -0.15) is 0 Å². The highest BCUT2D eigenvalue weighted by Crippen LogP contribution is 2.25. The molecule has 1 amide bonds. The fraction of sp³-hybridized carbons (Fsp3) is 0.429. The Bertz CT molecular complexity index is 488. The minimum absolute atomic E-state index is 0.0887. The first-order valence-corrected chi connectivity index (χ1v) is 6.18. The normalized spacial score (nSPS) is 11.2. The molecule has 2 N–H and O–H groups in total. The Balaban J connectivity index is 2.53. The van der Waals surface area contributed by atoms with E-state index in [1.807, 2.05) is 0 Å². The minimum Gasteiger partial charge on any atom is -0.480 e. The number of rotatable bonds is 7. The van der Waals surface area contributed by atoms with Crippen molar-refractivity contribution in [1.82, 2.24) is 5.32 Å². The highest BCUT2D eigenvalue weighted by Gasteiger charge is 2.31. The zero-order valence-corrected chi connectivity index (χ0v) is 11.5. The van der Waals surface area contributed by atoms with Crippen molar-refractivity contribution in [2.45, 2.75) is 19.3 Å². The number of amides is 1. The topological polar surface area (TPSA) is 75.6 Å². The van der Waals surface area contributed by atoms with Gasteiger partial charge in [-0.1, -0.05) is 18.2 Å². The van der Waals surface area contributed by atoms with Gasteiger partial charge >= 0.3 is 5.97 Å². The summed E-state index contributed by atoms with van der Waals surface area (Å²) in [6, 6.07) is 6.10. The summed E-state index contributed by atoms with van der Waals surface area (Å²) in [5.41, 5.74) is -0.707. The number of hydrogen-bond acceptors (Lipinski definition) is 3. The smallest absolute Gasteiger partial charge is 0.329 e. The molecule has 0 radical (unpaired) electrons. The van der Waals surface area contributed by atoms with E-state index in [0.29, 0.717) is 5.56 Å². The van der Waals surface area contributed by atoms with Crippen LogP contribution in [-0.4, -0.2) is 36.7 Å². The minimum atomic E-state index is -1.07. The molecule has 0 saturated heterocycles. The van der Waals surface area contributed by atoms with Crippen LogP contribution in [0.5, 0.6) is 0 Å². The van der Waals surface area contributed by atoms with Crippen LogP contribution >= 0.6 is 0 Å². The molecule has 5 nitrogen and oxygen atoms in total. The first kappa shape index (κ1) is 16.1. The van der Waals surface area contributed by atoms with Crippen LogP contribution in [0.3, 0.4) is 0 Å². The lowest BCUT2D eigenvalue weighted by Gasteiger charge is -2.24. The lowest BCUT2D eigenvalue weighted by Crippen LogP contribution is -2.42. The highest BCUT2D eigenvalue weighted by atomic mass is 19.1. The molecule has 0 spiro atoms. The fourth-order valence-electron chi connectivity index (χ4n) is 1.71. The van der Waals surface area contributed by atoms with Crippen molar-refractivity contribution in [2.24, 2.45) is 0 Å². The summed E-state index contributed by atoms with van der Waals surface area (Å²) in [6.45, 7) is 3.10. The van der Waals surface area contributed by atoms with E-state index in [9.17, 15) is 14.0 Å². The molecule has 1 aromatic rings. The maximum Gasteiger partial charge on any atom is 0.329 e. The molecule has 0 aliphatic carbocycles. The summed E-state index contributed by atoms with van der Waals surface area (Å²) in [5, 5.41) is 11.0. The number of hydrogen-bond donors (Lipinski definition) is 2. The Morgan fingerprint density at radius 3 is 2.60 bits per heavy atom. The van der Waals surface area contributed by atoms with Gasteiger partial charge in [0, 0.05) is 12.1 Å². The van der Waals surface area contributed by atoms with E-state index < -0.39 is 23.8 Å². The van der Waals surface area contributed by atoms with E-state index in [0.717, 1.165) is 0 Å². The van der Waals surface area contributed by atoms with Gasteiger partial charge in [-0.15, -0.1) is 0 Å². The lowest BCUT2D eigenvalue weighted by atomic mass is 9.83. The second-order valence-electron chi connectivity index (χ2n) is 4.81. The standard InChI is InChI=1S/C14H18FNO4/c1-14(2,10-5-3-4-6-11(10)15)13(19)16-7-8-20-9-12(17)18/h3-6H,7-9H2,1-2H3,(H,16,19)(H,17,18). The maximum atomic E-state index is 13.7. The molecule has 0 heterocycles. The van der Waals surface area contributed by atoms with Crippen LogP contribution in [0.1, 0.15) is 19.4 Å². The van der Waals surface area contributed by atoms with E-state index >= 15 is 0 Å². The number of ether oxygens (including phenoxy) is 1. The van der Waals surface area contributed by atoms with Gasteiger partial charge in [-0.25, -0.2) is 9.18 Å². The van der Waals surface area contributed by atoms with Gasteiger partial charge in [0.05, 0.1) is 12.0 Å². The van der Waals surface area contributed by atoms with Crippen LogP contribution in [0.2, 0.25) is 0 Å². The summed E-state index contributed by atoms with van der Waals surface area (Å²) in [7, 11) is 0.